The first kappa shape index (κ1) is 27.4. The number of nitrogens with one attached hydrogen (secondary N) is 1. The maximum absolute atomic E-state index is 13.2. The fourth-order valence-electron chi connectivity index (χ4n) is 5.06. The summed E-state index contributed by atoms with van der Waals surface area (Å²) >= 11 is 0. The third-order valence-corrected chi connectivity index (χ3v) is 7.10. The van der Waals surface area contributed by atoms with Crippen LogP contribution >= 0.6 is 0 Å². The molecule has 1 atom stereocenters. The Balaban J connectivity index is 1.45. The third kappa shape index (κ3) is 7.01. The number of carbonyl (C=O) groups excluding carboxylic acids is 3. The number of allylic oxidation sites excluding steroid dienone is 1. The summed E-state index contributed by atoms with van der Waals surface area (Å²) < 4.78 is 11.2. The van der Waals surface area contributed by atoms with E-state index in [-0.39, 0.29) is 31.4 Å². The normalized spacial score (nSPS) is 18.0. The van der Waals surface area contributed by atoms with Crippen LogP contribution in [0.15, 0.2) is 65.9 Å². The van der Waals surface area contributed by atoms with Crippen LogP contribution in [0.5, 0.6) is 5.75 Å². The first-order valence-corrected chi connectivity index (χ1v) is 13.4. The maximum atomic E-state index is 13.2. The zero-order chi connectivity index (χ0) is 26.9. The quantitative estimate of drug-likeness (QED) is 0.456. The van der Waals surface area contributed by atoms with Gasteiger partial charge in [0.1, 0.15) is 18.9 Å². The molecule has 1 fully saturated rings. The van der Waals surface area contributed by atoms with Gasteiger partial charge in [0.25, 0.3) is 0 Å². The fourth-order valence-corrected chi connectivity index (χ4v) is 5.06. The summed E-state index contributed by atoms with van der Waals surface area (Å²) in [6.45, 7) is 7.48. The lowest BCUT2D eigenvalue weighted by Crippen LogP contribution is -2.45. The van der Waals surface area contributed by atoms with Crippen molar-refractivity contribution in [1.29, 1.82) is 0 Å². The van der Waals surface area contributed by atoms with Crippen LogP contribution in [0, 0.1) is 0 Å². The molecule has 0 saturated carbocycles. The number of benzene rings is 2. The summed E-state index contributed by atoms with van der Waals surface area (Å²) in [7, 11) is 0. The second-order valence-corrected chi connectivity index (χ2v) is 9.70. The predicted molar refractivity (Wildman–Crippen MR) is 144 cm³/mol. The van der Waals surface area contributed by atoms with Gasteiger partial charge in [-0.1, -0.05) is 42.5 Å². The van der Waals surface area contributed by atoms with Gasteiger partial charge < -0.3 is 24.6 Å². The smallest absolute Gasteiger partial charge is 0.336 e. The number of rotatable bonds is 11. The first-order valence-electron chi connectivity index (χ1n) is 13.4. The van der Waals surface area contributed by atoms with Gasteiger partial charge in [0, 0.05) is 31.1 Å². The number of hydrogen-bond acceptors (Lipinski definition) is 6. The van der Waals surface area contributed by atoms with Crippen LogP contribution in [0.4, 0.5) is 0 Å². The maximum Gasteiger partial charge on any atom is 0.336 e. The van der Waals surface area contributed by atoms with Crippen LogP contribution in [-0.2, 0) is 25.7 Å². The lowest BCUT2D eigenvalue weighted by Gasteiger charge is -2.34. The summed E-state index contributed by atoms with van der Waals surface area (Å²) in [5.74, 6) is -0.658. The van der Waals surface area contributed by atoms with Gasteiger partial charge in [0.2, 0.25) is 11.8 Å². The molecule has 2 aromatic carbocycles. The summed E-state index contributed by atoms with van der Waals surface area (Å²) in [6.07, 6.45) is 2.47. The number of hydrogen-bond donors (Lipinski definition) is 1. The van der Waals surface area contributed by atoms with Crippen LogP contribution in [0.1, 0.15) is 50.2 Å². The topological polar surface area (TPSA) is 88.2 Å². The van der Waals surface area contributed by atoms with E-state index in [9.17, 15) is 14.4 Å². The van der Waals surface area contributed by atoms with Gasteiger partial charge in [-0.2, -0.15) is 0 Å². The summed E-state index contributed by atoms with van der Waals surface area (Å²) in [5.41, 5.74) is 2.76. The molecule has 0 aliphatic carbocycles. The van der Waals surface area contributed by atoms with E-state index >= 15 is 0 Å². The highest BCUT2D eigenvalue weighted by Crippen LogP contribution is 2.37. The Kier molecular flexibility index (Phi) is 9.54. The van der Waals surface area contributed by atoms with Crippen molar-refractivity contribution in [3.63, 3.8) is 0 Å². The molecular formula is C30H37N3O5. The molecule has 0 spiro atoms. The van der Waals surface area contributed by atoms with Gasteiger partial charge in [0.05, 0.1) is 12.2 Å². The van der Waals surface area contributed by atoms with Crippen molar-refractivity contribution in [3.8, 4) is 5.75 Å². The standard InChI is InChI=1S/C30H37N3O5/c1-3-37-30(36)29-22(2)33(20-27(34)31-15-18-32-16-7-8-17-32)28(35)19-26(29)24-11-13-25(14-12-24)38-21-23-9-5-4-6-10-23/h4-6,9-14,26H,3,7-8,15-21H2,1-2H3,(H,31,34). The first-order chi connectivity index (χ1) is 18.5. The largest absolute Gasteiger partial charge is 0.489 e. The Morgan fingerprint density at radius 3 is 2.42 bits per heavy atom. The van der Waals surface area contributed by atoms with Gasteiger partial charge >= 0.3 is 5.97 Å². The average molecular weight is 520 g/mol. The molecule has 8 heteroatoms. The van der Waals surface area contributed by atoms with Gasteiger partial charge in [0.15, 0.2) is 0 Å². The van der Waals surface area contributed by atoms with Crippen LogP contribution in [0.3, 0.4) is 0 Å². The SMILES string of the molecule is CCOC(=O)C1=C(C)N(CC(=O)NCCN2CCCC2)C(=O)CC1c1ccc(OCc2ccccc2)cc1. The molecule has 1 N–H and O–H groups in total. The van der Waals surface area contributed by atoms with Crippen molar-refractivity contribution in [3.05, 3.63) is 77.0 Å². The minimum atomic E-state index is -0.466. The summed E-state index contributed by atoms with van der Waals surface area (Å²) in [5, 5.41) is 2.91. The Morgan fingerprint density at radius 1 is 1.03 bits per heavy atom. The second kappa shape index (κ2) is 13.2. The lowest BCUT2D eigenvalue weighted by atomic mass is 9.83. The fraction of sp³-hybridized carbons (Fsp3) is 0.433. The summed E-state index contributed by atoms with van der Waals surface area (Å²) in [4.78, 5) is 42.6. The van der Waals surface area contributed by atoms with Crippen LogP contribution in [0.2, 0.25) is 0 Å². The van der Waals surface area contributed by atoms with E-state index in [0.29, 0.717) is 30.2 Å². The Bertz CT molecular complexity index is 1140. The molecule has 2 aliphatic rings. The molecule has 0 bridgehead atoms. The van der Waals surface area contributed by atoms with Crippen LogP contribution < -0.4 is 10.1 Å². The number of ether oxygens (including phenoxy) is 2. The highest BCUT2D eigenvalue weighted by molar-refractivity contribution is 5.97. The van der Waals surface area contributed by atoms with Crippen molar-refractivity contribution in [2.45, 2.75) is 45.6 Å². The second-order valence-electron chi connectivity index (χ2n) is 9.70. The molecule has 4 rings (SSSR count). The predicted octanol–water partition coefficient (Wildman–Crippen LogP) is 3.63. The molecule has 2 heterocycles. The Morgan fingerprint density at radius 2 is 1.74 bits per heavy atom. The zero-order valence-electron chi connectivity index (χ0n) is 22.3. The Labute approximate surface area is 224 Å². The number of nitrogens with zero attached hydrogens (tertiary/aromatic N) is 2. The molecular weight excluding hydrogens is 482 g/mol. The molecule has 2 aliphatic heterocycles. The van der Waals surface area contributed by atoms with E-state index in [4.69, 9.17) is 9.47 Å². The van der Waals surface area contributed by atoms with Gasteiger partial charge in [-0.3, -0.25) is 9.59 Å². The van der Waals surface area contributed by atoms with E-state index in [2.05, 4.69) is 10.2 Å². The number of carbonyl (C=O) groups is 3. The Hall–Kier alpha value is -3.65. The molecule has 0 aromatic heterocycles. The molecule has 38 heavy (non-hydrogen) atoms. The number of esters is 1. The minimum Gasteiger partial charge on any atom is -0.489 e. The van der Waals surface area contributed by atoms with Gasteiger partial charge in [-0.15, -0.1) is 0 Å². The average Bonchev–Trinajstić information content (AvgIpc) is 3.44. The van der Waals surface area contributed by atoms with Crippen molar-refractivity contribution in [2.75, 3.05) is 39.3 Å². The highest BCUT2D eigenvalue weighted by atomic mass is 16.5. The van der Waals surface area contributed by atoms with Gasteiger partial charge in [-0.25, -0.2) is 4.79 Å². The van der Waals surface area contributed by atoms with Crippen molar-refractivity contribution in [2.24, 2.45) is 0 Å². The molecule has 202 valence electrons. The number of likely N-dealkylation sites (tertiary alicyclic amines) is 1. The van der Waals surface area contributed by atoms with Gasteiger partial charge in [-0.05, 0) is 63.0 Å². The minimum absolute atomic E-state index is 0.0801. The lowest BCUT2D eigenvalue weighted by molar-refractivity contribution is -0.141. The van der Waals surface area contributed by atoms with E-state index in [1.165, 1.54) is 17.7 Å². The van der Waals surface area contributed by atoms with Crippen LogP contribution in [0.25, 0.3) is 0 Å². The van der Waals surface area contributed by atoms with E-state index in [1.54, 1.807) is 13.8 Å². The summed E-state index contributed by atoms with van der Waals surface area (Å²) in [6, 6.07) is 17.4. The van der Waals surface area contributed by atoms with Crippen molar-refractivity contribution >= 4 is 17.8 Å². The van der Waals surface area contributed by atoms with Crippen molar-refractivity contribution < 1.29 is 23.9 Å². The van der Waals surface area contributed by atoms with E-state index in [0.717, 1.165) is 30.8 Å². The van der Waals surface area contributed by atoms with Crippen molar-refractivity contribution in [1.82, 2.24) is 15.1 Å². The molecule has 0 radical (unpaired) electrons. The molecule has 1 saturated heterocycles. The van der Waals surface area contributed by atoms with E-state index < -0.39 is 11.9 Å². The molecule has 8 nitrogen and oxygen atoms in total. The van der Waals surface area contributed by atoms with E-state index in [1.807, 2.05) is 54.6 Å². The zero-order valence-corrected chi connectivity index (χ0v) is 22.3. The third-order valence-electron chi connectivity index (χ3n) is 7.10. The monoisotopic (exact) mass is 519 g/mol. The molecule has 1 unspecified atom stereocenters. The molecule has 2 aromatic rings. The highest BCUT2D eigenvalue weighted by Gasteiger charge is 2.37. The van der Waals surface area contributed by atoms with Crippen LogP contribution in [-0.4, -0.2) is 66.9 Å². The molecule has 2 amide bonds. The number of amides is 2.